The van der Waals surface area contributed by atoms with E-state index < -0.39 is 17.3 Å². The number of ether oxygens (including phenoxy) is 1. The number of Topliss-reactive ketones (excluding diaryl/α,β-unsaturated/α-hetero) is 1. The first kappa shape index (κ1) is 14.1. The molecule has 0 amide bonds. The van der Waals surface area contributed by atoms with Crippen LogP contribution in [0.1, 0.15) is 30.4 Å². The SMILES string of the molecule is COC1(C(=O)Cc2cccc(C(F)(F)F)c2)CCC1. The van der Waals surface area contributed by atoms with Crippen LogP contribution in [0.4, 0.5) is 13.2 Å². The van der Waals surface area contributed by atoms with E-state index in [0.29, 0.717) is 18.4 Å². The number of carbonyl (C=O) groups excluding carboxylic acids is 1. The summed E-state index contributed by atoms with van der Waals surface area (Å²) in [6, 6.07) is 4.89. The van der Waals surface area contributed by atoms with Gasteiger partial charge in [0.25, 0.3) is 0 Å². The van der Waals surface area contributed by atoms with E-state index in [9.17, 15) is 18.0 Å². The third-order valence-electron chi connectivity index (χ3n) is 3.68. The third-order valence-corrected chi connectivity index (χ3v) is 3.68. The molecular formula is C14H15F3O2. The van der Waals surface area contributed by atoms with Crippen molar-refractivity contribution in [3.8, 4) is 0 Å². The molecule has 1 aromatic carbocycles. The van der Waals surface area contributed by atoms with Gasteiger partial charge in [-0.3, -0.25) is 4.79 Å². The van der Waals surface area contributed by atoms with Crippen LogP contribution in [-0.2, 0) is 22.1 Å². The molecule has 0 unspecified atom stereocenters. The van der Waals surface area contributed by atoms with Crippen molar-refractivity contribution in [3.05, 3.63) is 35.4 Å². The van der Waals surface area contributed by atoms with Crippen LogP contribution in [0.25, 0.3) is 0 Å². The van der Waals surface area contributed by atoms with Crippen molar-refractivity contribution in [2.45, 2.75) is 37.5 Å². The molecule has 1 fully saturated rings. The molecule has 19 heavy (non-hydrogen) atoms. The number of hydrogen-bond acceptors (Lipinski definition) is 2. The summed E-state index contributed by atoms with van der Waals surface area (Å²) in [5.41, 5.74) is -1.12. The van der Waals surface area contributed by atoms with E-state index in [1.165, 1.54) is 19.2 Å². The van der Waals surface area contributed by atoms with E-state index in [0.717, 1.165) is 18.6 Å². The molecule has 0 spiro atoms. The van der Waals surface area contributed by atoms with Gasteiger partial charge in [0.1, 0.15) is 5.60 Å². The molecule has 5 heteroatoms. The van der Waals surface area contributed by atoms with Crippen LogP contribution >= 0.6 is 0 Å². The standard InChI is InChI=1S/C14H15F3O2/c1-19-13(6-3-7-13)12(18)9-10-4-2-5-11(8-10)14(15,16)17/h2,4-5,8H,3,6-7,9H2,1H3. The second-order valence-electron chi connectivity index (χ2n) is 4.85. The Morgan fingerprint density at radius 1 is 1.37 bits per heavy atom. The fraction of sp³-hybridized carbons (Fsp3) is 0.500. The zero-order valence-electron chi connectivity index (χ0n) is 10.6. The molecule has 2 nitrogen and oxygen atoms in total. The van der Waals surface area contributed by atoms with Crippen LogP contribution in [0.5, 0.6) is 0 Å². The van der Waals surface area contributed by atoms with Crippen molar-refractivity contribution in [1.29, 1.82) is 0 Å². The van der Waals surface area contributed by atoms with Crippen molar-refractivity contribution in [2.24, 2.45) is 0 Å². The van der Waals surface area contributed by atoms with Gasteiger partial charge in [0.2, 0.25) is 0 Å². The van der Waals surface area contributed by atoms with Gasteiger partial charge < -0.3 is 4.74 Å². The Morgan fingerprint density at radius 3 is 2.53 bits per heavy atom. The maximum atomic E-state index is 12.6. The molecule has 0 saturated heterocycles. The number of ketones is 1. The molecule has 0 atom stereocenters. The molecule has 0 radical (unpaired) electrons. The first-order valence-electron chi connectivity index (χ1n) is 6.12. The zero-order chi connectivity index (χ0) is 14.1. The van der Waals surface area contributed by atoms with E-state index in [1.807, 2.05) is 0 Å². The molecule has 104 valence electrons. The maximum absolute atomic E-state index is 12.6. The number of rotatable bonds is 4. The predicted molar refractivity (Wildman–Crippen MR) is 63.7 cm³/mol. The van der Waals surface area contributed by atoms with Gasteiger partial charge in [0.05, 0.1) is 5.56 Å². The van der Waals surface area contributed by atoms with E-state index in [-0.39, 0.29) is 12.2 Å². The number of halogens is 3. The van der Waals surface area contributed by atoms with Crippen LogP contribution in [-0.4, -0.2) is 18.5 Å². The average molecular weight is 272 g/mol. The second-order valence-corrected chi connectivity index (χ2v) is 4.85. The Balaban J connectivity index is 2.13. The van der Waals surface area contributed by atoms with E-state index >= 15 is 0 Å². The Bertz CT molecular complexity index is 470. The number of alkyl halides is 3. The summed E-state index contributed by atoms with van der Waals surface area (Å²) < 4.78 is 43.0. The highest BCUT2D eigenvalue weighted by molar-refractivity contribution is 5.90. The van der Waals surface area contributed by atoms with E-state index in [1.54, 1.807) is 0 Å². The van der Waals surface area contributed by atoms with Gasteiger partial charge in [-0.05, 0) is 30.9 Å². The Hall–Kier alpha value is -1.36. The lowest BCUT2D eigenvalue weighted by atomic mass is 9.75. The molecule has 1 aliphatic rings. The van der Waals surface area contributed by atoms with Crippen molar-refractivity contribution in [2.75, 3.05) is 7.11 Å². The molecule has 0 aromatic heterocycles. The average Bonchev–Trinajstić information content (AvgIpc) is 2.27. The number of methoxy groups -OCH3 is 1. The second kappa shape index (κ2) is 4.96. The lowest BCUT2D eigenvalue weighted by Crippen LogP contribution is -2.47. The Labute approximate surface area is 109 Å². The molecule has 1 aromatic rings. The lowest BCUT2D eigenvalue weighted by molar-refractivity contribution is -0.151. The summed E-state index contributed by atoms with van der Waals surface area (Å²) in [6.07, 6.45) is -2.17. The van der Waals surface area contributed by atoms with Gasteiger partial charge in [0, 0.05) is 13.5 Å². The van der Waals surface area contributed by atoms with Crippen LogP contribution in [0, 0.1) is 0 Å². The summed E-state index contributed by atoms with van der Waals surface area (Å²) in [6.45, 7) is 0. The number of carbonyl (C=O) groups is 1. The van der Waals surface area contributed by atoms with Gasteiger partial charge in [-0.2, -0.15) is 13.2 Å². The van der Waals surface area contributed by atoms with Crippen molar-refractivity contribution in [1.82, 2.24) is 0 Å². The van der Waals surface area contributed by atoms with Gasteiger partial charge in [-0.25, -0.2) is 0 Å². The van der Waals surface area contributed by atoms with Crippen LogP contribution in [0.2, 0.25) is 0 Å². The van der Waals surface area contributed by atoms with Crippen molar-refractivity contribution in [3.63, 3.8) is 0 Å². The summed E-state index contributed by atoms with van der Waals surface area (Å²) in [4.78, 5) is 12.1. The highest BCUT2D eigenvalue weighted by Crippen LogP contribution is 2.37. The van der Waals surface area contributed by atoms with Crippen molar-refractivity contribution < 1.29 is 22.7 Å². The minimum absolute atomic E-state index is 0.0161. The number of hydrogen-bond donors (Lipinski definition) is 0. The summed E-state index contributed by atoms with van der Waals surface area (Å²) in [5.74, 6) is -0.138. The van der Waals surface area contributed by atoms with E-state index in [4.69, 9.17) is 4.74 Å². The molecule has 0 aliphatic heterocycles. The summed E-state index contributed by atoms with van der Waals surface area (Å²) in [7, 11) is 1.48. The van der Waals surface area contributed by atoms with Crippen LogP contribution in [0.15, 0.2) is 24.3 Å². The topological polar surface area (TPSA) is 26.3 Å². The molecule has 2 rings (SSSR count). The molecule has 1 saturated carbocycles. The minimum atomic E-state index is -4.38. The highest BCUT2D eigenvalue weighted by Gasteiger charge is 2.43. The molecule has 1 aliphatic carbocycles. The summed E-state index contributed by atoms with van der Waals surface area (Å²) in [5, 5.41) is 0. The highest BCUT2D eigenvalue weighted by atomic mass is 19.4. The smallest absolute Gasteiger partial charge is 0.370 e. The van der Waals surface area contributed by atoms with Gasteiger partial charge in [-0.1, -0.05) is 18.2 Å². The maximum Gasteiger partial charge on any atom is 0.416 e. The lowest BCUT2D eigenvalue weighted by Gasteiger charge is -2.38. The Morgan fingerprint density at radius 2 is 2.05 bits per heavy atom. The van der Waals surface area contributed by atoms with Crippen LogP contribution < -0.4 is 0 Å². The fourth-order valence-electron chi connectivity index (χ4n) is 2.30. The zero-order valence-corrected chi connectivity index (χ0v) is 10.6. The van der Waals surface area contributed by atoms with E-state index in [2.05, 4.69) is 0 Å². The van der Waals surface area contributed by atoms with Crippen LogP contribution in [0.3, 0.4) is 0 Å². The monoisotopic (exact) mass is 272 g/mol. The third kappa shape index (κ3) is 2.81. The molecular weight excluding hydrogens is 257 g/mol. The fourth-order valence-corrected chi connectivity index (χ4v) is 2.30. The quantitative estimate of drug-likeness (QED) is 0.839. The minimum Gasteiger partial charge on any atom is -0.370 e. The predicted octanol–water partition coefficient (Wildman–Crippen LogP) is 3.39. The van der Waals surface area contributed by atoms with Gasteiger partial charge >= 0.3 is 6.18 Å². The molecule has 0 N–H and O–H groups in total. The van der Waals surface area contributed by atoms with Gasteiger partial charge in [-0.15, -0.1) is 0 Å². The normalized spacial score (nSPS) is 17.9. The van der Waals surface area contributed by atoms with Gasteiger partial charge in [0.15, 0.2) is 5.78 Å². The summed E-state index contributed by atoms with van der Waals surface area (Å²) >= 11 is 0. The molecule has 0 bridgehead atoms. The molecule has 0 heterocycles. The Kier molecular flexibility index (Phi) is 3.67. The first-order valence-corrected chi connectivity index (χ1v) is 6.12. The largest absolute Gasteiger partial charge is 0.416 e. The number of benzene rings is 1. The van der Waals surface area contributed by atoms with Crippen molar-refractivity contribution >= 4 is 5.78 Å². The first-order chi connectivity index (χ1) is 8.87.